The Bertz CT molecular complexity index is 1370. The maximum absolute atomic E-state index is 6.43. The summed E-state index contributed by atoms with van der Waals surface area (Å²) in [6, 6.07) is 20.0. The summed E-state index contributed by atoms with van der Waals surface area (Å²) in [5.41, 5.74) is 2.74. The molecule has 0 bridgehead atoms. The van der Waals surface area contributed by atoms with Crippen molar-refractivity contribution in [3.63, 3.8) is 0 Å². The molecule has 0 atom stereocenters. The fraction of sp³-hybridized carbons (Fsp3) is 0. The first-order valence-electron chi connectivity index (χ1n) is 8.63. The van der Waals surface area contributed by atoms with Crippen LogP contribution in [0.25, 0.3) is 28.1 Å². The van der Waals surface area contributed by atoms with Crippen molar-refractivity contribution in [2.24, 2.45) is 0 Å². The van der Waals surface area contributed by atoms with E-state index in [1.54, 1.807) is 36.4 Å². The Hall–Kier alpha value is -2.86. The second-order valence-electron chi connectivity index (χ2n) is 6.27. The van der Waals surface area contributed by atoms with Gasteiger partial charge in [-0.05, 0) is 54.6 Å². The second kappa shape index (κ2) is 7.19. The van der Waals surface area contributed by atoms with Gasteiger partial charge in [0.1, 0.15) is 5.75 Å². The molecule has 0 saturated heterocycles. The predicted octanol–water partition coefficient (Wildman–Crippen LogP) is 6.70. The molecule has 8 heteroatoms. The first kappa shape index (κ1) is 18.2. The van der Waals surface area contributed by atoms with E-state index in [1.807, 2.05) is 34.7 Å². The lowest BCUT2D eigenvalue weighted by Gasteiger charge is -2.10. The summed E-state index contributed by atoms with van der Waals surface area (Å²) in [5, 5.41) is 10.3. The van der Waals surface area contributed by atoms with Crippen LogP contribution in [0.5, 0.6) is 11.6 Å². The van der Waals surface area contributed by atoms with E-state index in [0.29, 0.717) is 43.7 Å². The van der Waals surface area contributed by atoms with Gasteiger partial charge in [0, 0.05) is 15.6 Å². The summed E-state index contributed by atoms with van der Waals surface area (Å²) in [6.45, 7) is 0. The summed E-state index contributed by atoms with van der Waals surface area (Å²) < 4.78 is 7.88. The first-order chi connectivity index (χ1) is 14.1. The lowest BCUT2D eigenvalue weighted by Crippen LogP contribution is -1.98. The molecule has 0 unspecified atom stereocenters. The first-order valence-corrected chi connectivity index (χ1v) is 9.76. The van der Waals surface area contributed by atoms with Crippen molar-refractivity contribution in [2.75, 3.05) is 0 Å². The van der Waals surface area contributed by atoms with Crippen molar-refractivity contribution in [1.82, 2.24) is 19.6 Å². The second-order valence-corrected chi connectivity index (χ2v) is 7.55. The molecule has 0 radical (unpaired) electrons. The minimum atomic E-state index is 0.329. The number of fused-ring (bicyclic) bond motifs is 3. The van der Waals surface area contributed by atoms with Gasteiger partial charge < -0.3 is 4.74 Å². The predicted molar refractivity (Wildman–Crippen MR) is 115 cm³/mol. The SMILES string of the molecule is Clc1ccc(Oc2nc3ccccc3n3c(-c4ccc(Cl)cc4Cl)nnc23)cc1. The summed E-state index contributed by atoms with van der Waals surface area (Å²) >= 11 is 18.4. The van der Waals surface area contributed by atoms with E-state index in [2.05, 4.69) is 15.2 Å². The smallest absolute Gasteiger partial charge is 0.266 e. The molecule has 5 rings (SSSR count). The number of aromatic nitrogens is 4. The highest BCUT2D eigenvalue weighted by Crippen LogP contribution is 2.34. The normalized spacial score (nSPS) is 11.3. The topological polar surface area (TPSA) is 52.3 Å². The van der Waals surface area contributed by atoms with Crippen LogP contribution < -0.4 is 4.74 Å². The highest BCUT2D eigenvalue weighted by atomic mass is 35.5. The van der Waals surface area contributed by atoms with Crippen molar-refractivity contribution >= 4 is 51.5 Å². The Morgan fingerprint density at radius 3 is 2.34 bits per heavy atom. The molecule has 0 spiro atoms. The van der Waals surface area contributed by atoms with E-state index in [0.717, 1.165) is 11.0 Å². The molecule has 0 aliphatic carbocycles. The molecule has 0 fully saturated rings. The number of ether oxygens (including phenoxy) is 1. The molecular weight excluding hydrogens is 431 g/mol. The molecule has 0 aliphatic rings. The van der Waals surface area contributed by atoms with Crippen LogP contribution >= 0.6 is 34.8 Å². The molecule has 29 heavy (non-hydrogen) atoms. The third-order valence-electron chi connectivity index (χ3n) is 4.40. The minimum absolute atomic E-state index is 0.329. The van der Waals surface area contributed by atoms with Gasteiger partial charge in [-0.2, -0.15) is 0 Å². The average molecular weight is 442 g/mol. The highest BCUT2D eigenvalue weighted by molar-refractivity contribution is 6.36. The van der Waals surface area contributed by atoms with Gasteiger partial charge in [-0.15, -0.1) is 10.2 Å². The van der Waals surface area contributed by atoms with Crippen LogP contribution in [0.4, 0.5) is 0 Å². The highest BCUT2D eigenvalue weighted by Gasteiger charge is 2.19. The van der Waals surface area contributed by atoms with E-state index < -0.39 is 0 Å². The molecular formula is C21H11Cl3N4O. The van der Waals surface area contributed by atoms with Crippen LogP contribution in [-0.2, 0) is 0 Å². The standard InChI is InChI=1S/C21H11Cl3N4O/c22-12-5-8-14(9-6-12)29-21-20-27-26-19(15-10-7-13(23)11-16(15)24)28(20)18-4-2-1-3-17(18)25-21/h1-11H. The number of rotatable bonds is 3. The zero-order chi connectivity index (χ0) is 20.0. The molecule has 5 aromatic rings. The van der Waals surface area contributed by atoms with Gasteiger partial charge in [-0.3, -0.25) is 4.40 Å². The van der Waals surface area contributed by atoms with Crippen molar-refractivity contribution < 1.29 is 4.74 Å². The number of benzene rings is 3. The molecule has 0 amide bonds. The van der Waals surface area contributed by atoms with Crippen LogP contribution in [0.15, 0.2) is 66.7 Å². The molecule has 0 aliphatic heterocycles. The molecule has 5 nitrogen and oxygen atoms in total. The molecule has 3 aromatic carbocycles. The molecule has 2 heterocycles. The number of nitrogens with zero attached hydrogens (tertiary/aromatic N) is 4. The average Bonchev–Trinajstić information content (AvgIpc) is 3.15. The van der Waals surface area contributed by atoms with E-state index in [4.69, 9.17) is 39.5 Å². The van der Waals surface area contributed by atoms with Crippen molar-refractivity contribution in [3.05, 3.63) is 81.8 Å². The van der Waals surface area contributed by atoms with Crippen LogP contribution in [-0.4, -0.2) is 19.6 Å². The van der Waals surface area contributed by atoms with Crippen LogP contribution in [0.3, 0.4) is 0 Å². The van der Waals surface area contributed by atoms with E-state index >= 15 is 0 Å². The molecule has 142 valence electrons. The minimum Gasteiger partial charge on any atom is -0.436 e. The van der Waals surface area contributed by atoms with Crippen molar-refractivity contribution in [1.29, 1.82) is 0 Å². The Balaban J connectivity index is 1.77. The van der Waals surface area contributed by atoms with E-state index in [1.165, 1.54) is 0 Å². The lowest BCUT2D eigenvalue weighted by molar-refractivity contribution is 0.467. The monoisotopic (exact) mass is 440 g/mol. The van der Waals surface area contributed by atoms with Gasteiger partial charge in [0.25, 0.3) is 5.88 Å². The number of para-hydroxylation sites is 2. The van der Waals surface area contributed by atoms with Crippen LogP contribution in [0.1, 0.15) is 0 Å². The third kappa shape index (κ3) is 3.27. The fourth-order valence-electron chi connectivity index (χ4n) is 3.09. The third-order valence-corrected chi connectivity index (χ3v) is 5.20. The lowest BCUT2D eigenvalue weighted by atomic mass is 10.2. The molecule has 2 aromatic heterocycles. The van der Waals surface area contributed by atoms with Crippen molar-refractivity contribution in [2.45, 2.75) is 0 Å². The van der Waals surface area contributed by atoms with Crippen LogP contribution in [0.2, 0.25) is 15.1 Å². The fourth-order valence-corrected chi connectivity index (χ4v) is 3.71. The van der Waals surface area contributed by atoms with Gasteiger partial charge >= 0.3 is 0 Å². The van der Waals surface area contributed by atoms with Gasteiger partial charge in [0.05, 0.1) is 16.1 Å². The van der Waals surface area contributed by atoms with Crippen molar-refractivity contribution in [3.8, 4) is 23.0 Å². The maximum Gasteiger partial charge on any atom is 0.266 e. The summed E-state index contributed by atoms with van der Waals surface area (Å²) in [7, 11) is 0. The summed E-state index contributed by atoms with van der Waals surface area (Å²) in [5.74, 6) is 1.49. The Labute approximate surface area is 180 Å². The Morgan fingerprint density at radius 1 is 0.793 bits per heavy atom. The van der Waals surface area contributed by atoms with Gasteiger partial charge in [0.15, 0.2) is 5.82 Å². The quantitative estimate of drug-likeness (QED) is 0.313. The number of hydrogen-bond acceptors (Lipinski definition) is 4. The Morgan fingerprint density at radius 2 is 1.55 bits per heavy atom. The molecule has 0 saturated carbocycles. The van der Waals surface area contributed by atoms with Crippen LogP contribution in [0, 0.1) is 0 Å². The van der Waals surface area contributed by atoms with Gasteiger partial charge in [0.2, 0.25) is 5.65 Å². The Kier molecular flexibility index (Phi) is 4.51. The van der Waals surface area contributed by atoms with Gasteiger partial charge in [-0.1, -0.05) is 46.9 Å². The number of hydrogen-bond donors (Lipinski definition) is 0. The van der Waals surface area contributed by atoms with E-state index in [9.17, 15) is 0 Å². The van der Waals surface area contributed by atoms with E-state index in [-0.39, 0.29) is 0 Å². The summed E-state index contributed by atoms with van der Waals surface area (Å²) in [4.78, 5) is 4.63. The summed E-state index contributed by atoms with van der Waals surface area (Å²) in [6.07, 6.45) is 0. The number of halogens is 3. The zero-order valence-electron chi connectivity index (χ0n) is 14.7. The zero-order valence-corrected chi connectivity index (χ0v) is 16.9. The van der Waals surface area contributed by atoms with Gasteiger partial charge in [-0.25, -0.2) is 4.98 Å². The largest absolute Gasteiger partial charge is 0.436 e. The maximum atomic E-state index is 6.43. The molecule has 0 N–H and O–H groups in total.